The minimum atomic E-state index is -0.659. The number of anilines is 1. The Morgan fingerprint density at radius 3 is 2.48 bits per heavy atom. The number of aromatic nitrogens is 1. The number of pyridine rings is 1. The molecule has 0 amide bonds. The number of aryl methyl sites for hydroxylation is 1. The van der Waals surface area contributed by atoms with Gasteiger partial charge in [0.15, 0.2) is 0 Å². The van der Waals surface area contributed by atoms with E-state index in [0.29, 0.717) is 15.7 Å². The van der Waals surface area contributed by atoms with E-state index in [0.717, 1.165) is 17.0 Å². The van der Waals surface area contributed by atoms with E-state index >= 15 is 0 Å². The molecule has 0 bridgehead atoms. The number of hydrogen-bond acceptors (Lipinski definition) is 3. The highest BCUT2D eigenvalue weighted by molar-refractivity contribution is 6.34. The van der Waals surface area contributed by atoms with E-state index in [2.05, 4.69) is 10.3 Å². The van der Waals surface area contributed by atoms with Gasteiger partial charge in [0, 0.05) is 18.9 Å². The van der Waals surface area contributed by atoms with E-state index in [1.807, 2.05) is 46.0 Å². The molecule has 0 aliphatic rings. The Morgan fingerprint density at radius 1 is 1.19 bits per heavy atom. The van der Waals surface area contributed by atoms with Gasteiger partial charge in [0.1, 0.15) is 17.0 Å². The zero-order valence-corrected chi connectivity index (χ0v) is 14.0. The second-order valence-electron chi connectivity index (χ2n) is 5.33. The molecule has 0 spiro atoms. The number of nitrogens with zero attached hydrogens (tertiary/aromatic N) is 1. The van der Waals surface area contributed by atoms with Crippen molar-refractivity contribution >= 4 is 28.9 Å². The van der Waals surface area contributed by atoms with Gasteiger partial charge in [-0.25, -0.2) is 0 Å². The normalized spacial score (nSPS) is 11.3. The van der Waals surface area contributed by atoms with Crippen LogP contribution >= 0.6 is 23.2 Å². The molecule has 112 valence electrons. The maximum absolute atomic E-state index is 6.23. The Kier molecular flexibility index (Phi) is 4.64. The van der Waals surface area contributed by atoms with Crippen LogP contribution in [-0.4, -0.2) is 12.0 Å². The first-order valence-corrected chi connectivity index (χ1v) is 7.38. The van der Waals surface area contributed by atoms with Crippen LogP contribution in [0.1, 0.15) is 25.1 Å². The van der Waals surface area contributed by atoms with Crippen molar-refractivity contribution in [3.8, 4) is 5.75 Å². The summed E-state index contributed by atoms with van der Waals surface area (Å²) in [7, 11) is 1.89. The molecule has 2 aromatic rings. The lowest BCUT2D eigenvalue weighted by Gasteiger charge is -2.28. The fraction of sp³-hybridized carbons (Fsp3) is 0.312. The average Bonchev–Trinajstić information content (AvgIpc) is 2.40. The number of rotatable bonds is 4. The Balaban J connectivity index is 2.32. The van der Waals surface area contributed by atoms with Crippen molar-refractivity contribution < 1.29 is 4.74 Å². The molecule has 0 aliphatic heterocycles. The van der Waals surface area contributed by atoms with Crippen LogP contribution in [0.3, 0.4) is 0 Å². The Bertz CT molecular complexity index is 657. The summed E-state index contributed by atoms with van der Waals surface area (Å²) in [5.41, 5.74) is 2.08. The summed E-state index contributed by atoms with van der Waals surface area (Å²) in [5.74, 6) is 0.798. The van der Waals surface area contributed by atoms with Crippen molar-refractivity contribution in [2.24, 2.45) is 0 Å². The van der Waals surface area contributed by atoms with Crippen LogP contribution in [0.25, 0.3) is 0 Å². The maximum atomic E-state index is 6.23. The molecule has 0 saturated heterocycles. The number of halogens is 2. The van der Waals surface area contributed by atoms with E-state index in [1.54, 1.807) is 12.3 Å². The molecule has 2 rings (SSSR count). The fourth-order valence-corrected chi connectivity index (χ4v) is 2.71. The van der Waals surface area contributed by atoms with Crippen LogP contribution in [0.2, 0.25) is 10.0 Å². The maximum Gasteiger partial charge on any atom is 0.147 e. The van der Waals surface area contributed by atoms with Gasteiger partial charge in [0.05, 0.1) is 10.0 Å². The Morgan fingerprint density at radius 2 is 1.90 bits per heavy atom. The molecule has 1 N–H and O–H groups in total. The molecular formula is C16H18Cl2N2O. The standard InChI is InChI=1S/C16H18Cl2N2O/c1-10-7-12(19-4)5-6-14(10)21-16(2,3)15-13(18)8-11(17)9-20-15/h5-9,19H,1-4H3. The third-order valence-electron chi connectivity index (χ3n) is 3.21. The van der Waals surface area contributed by atoms with Crippen molar-refractivity contribution in [2.75, 3.05) is 12.4 Å². The highest BCUT2D eigenvalue weighted by Gasteiger charge is 2.28. The summed E-state index contributed by atoms with van der Waals surface area (Å²) in [6, 6.07) is 7.61. The summed E-state index contributed by atoms with van der Waals surface area (Å²) in [6.07, 6.45) is 1.57. The predicted molar refractivity (Wildman–Crippen MR) is 88.6 cm³/mol. The summed E-state index contributed by atoms with van der Waals surface area (Å²) < 4.78 is 6.12. The molecule has 0 atom stereocenters. The largest absolute Gasteiger partial charge is 0.481 e. The van der Waals surface area contributed by atoms with Crippen LogP contribution in [0, 0.1) is 6.92 Å². The van der Waals surface area contributed by atoms with Crippen molar-refractivity contribution in [1.82, 2.24) is 4.98 Å². The highest BCUT2D eigenvalue weighted by atomic mass is 35.5. The van der Waals surface area contributed by atoms with E-state index < -0.39 is 5.60 Å². The van der Waals surface area contributed by atoms with Gasteiger partial charge in [0.25, 0.3) is 0 Å². The molecule has 5 heteroatoms. The first-order chi connectivity index (χ1) is 9.83. The minimum Gasteiger partial charge on any atom is -0.481 e. The molecule has 0 radical (unpaired) electrons. The zero-order chi connectivity index (χ0) is 15.6. The zero-order valence-electron chi connectivity index (χ0n) is 12.5. The smallest absolute Gasteiger partial charge is 0.147 e. The Hall–Kier alpha value is -1.45. The first kappa shape index (κ1) is 15.9. The molecule has 0 aliphatic carbocycles. The van der Waals surface area contributed by atoms with Gasteiger partial charge in [-0.2, -0.15) is 0 Å². The second-order valence-corrected chi connectivity index (χ2v) is 6.17. The van der Waals surface area contributed by atoms with Gasteiger partial charge < -0.3 is 10.1 Å². The highest BCUT2D eigenvalue weighted by Crippen LogP contribution is 2.34. The summed E-state index contributed by atoms with van der Waals surface area (Å²) in [6.45, 7) is 5.87. The van der Waals surface area contributed by atoms with Crippen molar-refractivity contribution in [3.63, 3.8) is 0 Å². The molecule has 1 aromatic carbocycles. The summed E-state index contributed by atoms with van der Waals surface area (Å²) in [5, 5.41) is 4.11. The van der Waals surface area contributed by atoms with Crippen molar-refractivity contribution in [2.45, 2.75) is 26.4 Å². The number of nitrogens with one attached hydrogen (secondary N) is 1. The topological polar surface area (TPSA) is 34.1 Å². The second kappa shape index (κ2) is 6.12. The molecule has 3 nitrogen and oxygen atoms in total. The molecule has 0 saturated carbocycles. The summed E-state index contributed by atoms with van der Waals surface area (Å²) in [4.78, 5) is 4.31. The van der Waals surface area contributed by atoms with Crippen LogP contribution in [0.15, 0.2) is 30.5 Å². The Labute approximate surface area is 135 Å². The lowest BCUT2D eigenvalue weighted by Crippen LogP contribution is -2.27. The van der Waals surface area contributed by atoms with E-state index in [4.69, 9.17) is 27.9 Å². The summed E-state index contributed by atoms with van der Waals surface area (Å²) >= 11 is 12.1. The molecule has 1 heterocycles. The average molecular weight is 325 g/mol. The lowest BCUT2D eigenvalue weighted by atomic mass is 10.0. The van der Waals surface area contributed by atoms with Crippen LogP contribution < -0.4 is 10.1 Å². The van der Waals surface area contributed by atoms with Gasteiger partial charge >= 0.3 is 0 Å². The van der Waals surface area contributed by atoms with E-state index in [9.17, 15) is 0 Å². The van der Waals surface area contributed by atoms with Crippen molar-refractivity contribution in [3.05, 3.63) is 51.8 Å². The van der Waals surface area contributed by atoms with Gasteiger partial charge in [-0.3, -0.25) is 4.98 Å². The molecule has 0 unspecified atom stereocenters. The van der Waals surface area contributed by atoms with E-state index in [-0.39, 0.29) is 0 Å². The lowest BCUT2D eigenvalue weighted by molar-refractivity contribution is 0.103. The van der Waals surface area contributed by atoms with Gasteiger partial charge in [0.2, 0.25) is 0 Å². The fourth-order valence-electron chi connectivity index (χ4n) is 2.10. The predicted octanol–water partition coefficient (Wildman–Crippen LogP) is 5.05. The third kappa shape index (κ3) is 3.60. The third-order valence-corrected chi connectivity index (χ3v) is 3.70. The quantitative estimate of drug-likeness (QED) is 0.854. The molecule has 1 aromatic heterocycles. The first-order valence-electron chi connectivity index (χ1n) is 6.62. The van der Waals surface area contributed by atoms with Crippen LogP contribution in [0.4, 0.5) is 5.69 Å². The SMILES string of the molecule is CNc1ccc(OC(C)(C)c2ncc(Cl)cc2Cl)c(C)c1. The monoisotopic (exact) mass is 324 g/mol. The minimum absolute atomic E-state index is 0.497. The van der Waals surface area contributed by atoms with Gasteiger partial charge in [-0.05, 0) is 50.6 Å². The van der Waals surface area contributed by atoms with Crippen LogP contribution in [-0.2, 0) is 5.60 Å². The van der Waals surface area contributed by atoms with Gasteiger partial charge in [-0.1, -0.05) is 23.2 Å². The number of hydrogen-bond donors (Lipinski definition) is 1. The van der Waals surface area contributed by atoms with Gasteiger partial charge in [-0.15, -0.1) is 0 Å². The molecular weight excluding hydrogens is 307 g/mol. The number of benzene rings is 1. The molecule has 21 heavy (non-hydrogen) atoms. The molecule has 0 fully saturated rings. The van der Waals surface area contributed by atoms with Crippen molar-refractivity contribution in [1.29, 1.82) is 0 Å². The van der Waals surface area contributed by atoms with E-state index in [1.165, 1.54) is 0 Å². The van der Waals surface area contributed by atoms with Crippen LogP contribution in [0.5, 0.6) is 5.75 Å². The number of ether oxygens (including phenoxy) is 1.